The molecule has 13 heavy (non-hydrogen) atoms. The van der Waals surface area contributed by atoms with Gasteiger partial charge in [-0.3, -0.25) is 0 Å². The van der Waals surface area contributed by atoms with Crippen molar-refractivity contribution in [2.24, 2.45) is 5.73 Å². The van der Waals surface area contributed by atoms with Gasteiger partial charge in [-0.2, -0.15) is 0 Å². The molecule has 3 nitrogen and oxygen atoms in total. The number of hydrogen-bond acceptors (Lipinski definition) is 4. The van der Waals surface area contributed by atoms with Crippen LogP contribution in [0.1, 0.15) is 10.6 Å². The molecule has 0 radical (unpaired) electrons. The van der Waals surface area contributed by atoms with Gasteiger partial charge in [0.05, 0.1) is 10.6 Å². The molecule has 1 heterocycles. The second-order valence-corrected chi connectivity index (χ2v) is 3.99. The lowest BCUT2D eigenvalue weighted by Gasteiger charge is -2.04. The van der Waals surface area contributed by atoms with Crippen LogP contribution in [0.4, 0.5) is 5.13 Å². The highest BCUT2D eigenvalue weighted by Gasteiger charge is 2.05. The Balaban J connectivity index is 2.90. The first-order chi connectivity index (χ1) is 6.15. The maximum absolute atomic E-state index is 5.38. The third kappa shape index (κ3) is 2.54. The van der Waals surface area contributed by atoms with Crippen LogP contribution in [-0.2, 0) is 0 Å². The fourth-order valence-corrected chi connectivity index (χ4v) is 1.83. The monoisotopic (exact) mass is 197 g/mol. The minimum absolute atomic E-state index is 0.578. The Morgan fingerprint density at radius 2 is 2.23 bits per heavy atom. The maximum Gasteiger partial charge on any atom is 0.185 e. The summed E-state index contributed by atoms with van der Waals surface area (Å²) in [5, 5.41) is 1.04. The molecule has 0 atom stereocenters. The van der Waals surface area contributed by atoms with Crippen molar-refractivity contribution in [3.63, 3.8) is 0 Å². The zero-order valence-electron chi connectivity index (χ0n) is 8.24. The summed E-state index contributed by atoms with van der Waals surface area (Å²) in [4.78, 5) is 7.62. The Kier molecular flexibility index (Phi) is 3.45. The third-order valence-electron chi connectivity index (χ3n) is 1.61. The summed E-state index contributed by atoms with van der Waals surface area (Å²) in [5.41, 5.74) is 6.45. The summed E-state index contributed by atoms with van der Waals surface area (Å²) in [7, 11) is 3.99. The molecule has 0 bridgehead atoms. The SMILES string of the molecule is Cc1nc(N(C)C)sc1/C=C/CN. The number of hydrogen-bond donors (Lipinski definition) is 1. The molecule has 0 saturated carbocycles. The zero-order valence-corrected chi connectivity index (χ0v) is 9.06. The highest BCUT2D eigenvalue weighted by molar-refractivity contribution is 7.16. The van der Waals surface area contributed by atoms with Gasteiger partial charge in [-0.15, -0.1) is 0 Å². The molecule has 0 fully saturated rings. The summed E-state index contributed by atoms with van der Waals surface area (Å²) >= 11 is 1.68. The number of anilines is 1. The molecular weight excluding hydrogens is 182 g/mol. The van der Waals surface area contributed by atoms with Gasteiger partial charge in [-0.05, 0) is 13.0 Å². The molecule has 0 saturated heterocycles. The second-order valence-electron chi connectivity index (χ2n) is 2.98. The van der Waals surface area contributed by atoms with E-state index in [1.165, 1.54) is 4.88 Å². The van der Waals surface area contributed by atoms with Crippen molar-refractivity contribution in [2.45, 2.75) is 6.92 Å². The van der Waals surface area contributed by atoms with Crippen LogP contribution in [0, 0.1) is 6.92 Å². The quantitative estimate of drug-likeness (QED) is 0.798. The molecule has 0 unspecified atom stereocenters. The standard InChI is InChI=1S/C9H15N3S/c1-7-8(5-4-6-10)13-9(11-7)12(2)3/h4-5H,6,10H2,1-3H3/b5-4+. The van der Waals surface area contributed by atoms with Crippen molar-refractivity contribution >= 4 is 22.5 Å². The molecule has 4 heteroatoms. The van der Waals surface area contributed by atoms with Gasteiger partial charge in [0.25, 0.3) is 0 Å². The summed E-state index contributed by atoms with van der Waals surface area (Å²) in [5.74, 6) is 0. The van der Waals surface area contributed by atoms with Crippen molar-refractivity contribution in [2.75, 3.05) is 25.5 Å². The maximum atomic E-state index is 5.38. The molecule has 1 aromatic rings. The lowest BCUT2D eigenvalue weighted by atomic mass is 10.3. The van der Waals surface area contributed by atoms with Gasteiger partial charge in [0, 0.05) is 20.6 Å². The lowest BCUT2D eigenvalue weighted by molar-refractivity contribution is 1.09. The van der Waals surface area contributed by atoms with Crippen molar-refractivity contribution in [1.82, 2.24) is 4.98 Å². The van der Waals surface area contributed by atoms with Crippen molar-refractivity contribution in [3.8, 4) is 0 Å². The van der Waals surface area contributed by atoms with E-state index in [1.807, 2.05) is 38.1 Å². The van der Waals surface area contributed by atoms with Crippen molar-refractivity contribution in [3.05, 3.63) is 16.6 Å². The van der Waals surface area contributed by atoms with E-state index in [9.17, 15) is 0 Å². The average molecular weight is 197 g/mol. The first-order valence-electron chi connectivity index (χ1n) is 4.16. The summed E-state index contributed by atoms with van der Waals surface area (Å²) in [6, 6.07) is 0. The summed E-state index contributed by atoms with van der Waals surface area (Å²) in [6.45, 7) is 2.59. The molecule has 0 aliphatic carbocycles. The van der Waals surface area contributed by atoms with Crippen LogP contribution < -0.4 is 10.6 Å². The summed E-state index contributed by atoms with van der Waals surface area (Å²) in [6.07, 6.45) is 3.97. The van der Waals surface area contributed by atoms with Gasteiger partial charge in [-0.1, -0.05) is 17.4 Å². The topological polar surface area (TPSA) is 42.2 Å². The molecular formula is C9H15N3S. The van der Waals surface area contributed by atoms with Gasteiger partial charge >= 0.3 is 0 Å². The number of nitrogens with two attached hydrogens (primary N) is 1. The van der Waals surface area contributed by atoms with Crippen LogP contribution in [0.3, 0.4) is 0 Å². The molecule has 0 aliphatic rings. The number of aromatic nitrogens is 1. The van der Waals surface area contributed by atoms with E-state index in [4.69, 9.17) is 5.73 Å². The molecule has 2 N–H and O–H groups in total. The minimum Gasteiger partial charge on any atom is -0.354 e. The number of rotatable bonds is 3. The first-order valence-corrected chi connectivity index (χ1v) is 4.98. The smallest absolute Gasteiger partial charge is 0.185 e. The first kappa shape index (κ1) is 10.2. The minimum atomic E-state index is 0.578. The normalized spacial score (nSPS) is 11.1. The van der Waals surface area contributed by atoms with Crippen LogP contribution in [0.15, 0.2) is 6.08 Å². The van der Waals surface area contributed by atoms with Gasteiger partial charge in [0.2, 0.25) is 0 Å². The van der Waals surface area contributed by atoms with Gasteiger partial charge in [0.1, 0.15) is 0 Å². The zero-order chi connectivity index (χ0) is 9.84. The number of nitrogens with zero attached hydrogens (tertiary/aromatic N) is 2. The number of thiazole rings is 1. The highest BCUT2D eigenvalue weighted by atomic mass is 32.1. The third-order valence-corrected chi connectivity index (χ3v) is 2.90. The van der Waals surface area contributed by atoms with E-state index in [-0.39, 0.29) is 0 Å². The Morgan fingerprint density at radius 1 is 1.54 bits per heavy atom. The fourth-order valence-electron chi connectivity index (χ4n) is 0.915. The van der Waals surface area contributed by atoms with E-state index in [1.54, 1.807) is 11.3 Å². The summed E-state index contributed by atoms with van der Waals surface area (Å²) < 4.78 is 0. The predicted octanol–water partition coefficient (Wildman–Crippen LogP) is 1.49. The fraction of sp³-hybridized carbons (Fsp3) is 0.444. The van der Waals surface area contributed by atoms with Crippen molar-refractivity contribution in [1.29, 1.82) is 0 Å². The lowest BCUT2D eigenvalue weighted by Crippen LogP contribution is -2.07. The Bertz CT molecular complexity index is 302. The van der Waals surface area contributed by atoms with Crippen molar-refractivity contribution < 1.29 is 0 Å². The largest absolute Gasteiger partial charge is 0.354 e. The van der Waals surface area contributed by atoms with E-state index < -0.39 is 0 Å². The van der Waals surface area contributed by atoms with Gasteiger partial charge < -0.3 is 10.6 Å². The Labute approximate surface area is 82.9 Å². The van der Waals surface area contributed by atoms with Crippen LogP contribution in [0.25, 0.3) is 6.08 Å². The average Bonchev–Trinajstić information content (AvgIpc) is 2.44. The van der Waals surface area contributed by atoms with E-state index in [0.29, 0.717) is 6.54 Å². The molecule has 1 aromatic heterocycles. The van der Waals surface area contributed by atoms with Gasteiger partial charge in [0.15, 0.2) is 5.13 Å². The molecule has 0 amide bonds. The highest BCUT2D eigenvalue weighted by Crippen LogP contribution is 2.25. The van der Waals surface area contributed by atoms with Crippen LogP contribution in [0.5, 0.6) is 0 Å². The molecule has 0 aliphatic heterocycles. The van der Waals surface area contributed by atoms with E-state index >= 15 is 0 Å². The molecule has 0 spiro atoms. The predicted molar refractivity (Wildman–Crippen MR) is 59.3 cm³/mol. The number of aryl methyl sites for hydroxylation is 1. The second kappa shape index (κ2) is 4.39. The molecule has 72 valence electrons. The van der Waals surface area contributed by atoms with Gasteiger partial charge in [-0.25, -0.2) is 4.98 Å². The Hall–Kier alpha value is -0.870. The molecule has 1 rings (SSSR count). The van der Waals surface area contributed by atoms with Crippen LogP contribution in [-0.4, -0.2) is 25.6 Å². The Morgan fingerprint density at radius 3 is 2.69 bits per heavy atom. The van der Waals surface area contributed by atoms with E-state index in [2.05, 4.69) is 4.98 Å². The van der Waals surface area contributed by atoms with Crippen LogP contribution in [0.2, 0.25) is 0 Å². The van der Waals surface area contributed by atoms with Crippen LogP contribution >= 0.6 is 11.3 Å². The van der Waals surface area contributed by atoms with E-state index in [0.717, 1.165) is 10.8 Å². The molecule has 0 aromatic carbocycles.